The number of hydrogen-bond acceptors (Lipinski definition) is 5. The number of β-amino-alcohol motifs (C(OH)–C–C–N with tert-alkyl or cyclic N) is 1. The Labute approximate surface area is 185 Å². The van der Waals surface area contributed by atoms with E-state index in [9.17, 15) is 20.3 Å². The Bertz CT molecular complexity index is 1230. The van der Waals surface area contributed by atoms with Gasteiger partial charge in [-0.05, 0) is 61.1 Å². The maximum Gasteiger partial charge on any atom is 0.270 e. The molecule has 2 fully saturated rings. The number of likely N-dealkylation sites (tertiary alicyclic amines) is 1. The third-order valence-corrected chi connectivity index (χ3v) is 7.98. The van der Waals surface area contributed by atoms with Crippen molar-refractivity contribution in [3.63, 3.8) is 0 Å². The molecule has 166 valence electrons. The van der Waals surface area contributed by atoms with Crippen molar-refractivity contribution in [2.45, 2.75) is 43.1 Å². The van der Waals surface area contributed by atoms with Crippen molar-refractivity contribution < 1.29 is 15.1 Å². The van der Waals surface area contributed by atoms with Gasteiger partial charge in [0, 0.05) is 60.1 Å². The van der Waals surface area contributed by atoms with Crippen LogP contribution < -0.4 is 0 Å². The van der Waals surface area contributed by atoms with Crippen LogP contribution in [-0.2, 0) is 18.3 Å². The highest BCUT2D eigenvalue weighted by molar-refractivity contribution is 5.87. The Hall–Kier alpha value is -2.90. The average molecular weight is 434 g/mol. The lowest BCUT2D eigenvalue weighted by Gasteiger charge is -2.56. The zero-order chi connectivity index (χ0) is 22.1. The molecule has 2 unspecified atom stereocenters. The van der Waals surface area contributed by atoms with Crippen LogP contribution in [0.3, 0.4) is 0 Å². The molecule has 1 aromatic heterocycles. The number of rotatable bonds is 4. The molecule has 0 radical (unpaired) electrons. The van der Waals surface area contributed by atoms with Crippen molar-refractivity contribution in [2.24, 2.45) is 5.92 Å². The number of fused-ring (bicyclic) bond motifs is 4. The lowest BCUT2D eigenvalue weighted by Crippen LogP contribution is -2.66. The molecule has 7 nitrogen and oxygen atoms in total. The zero-order valence-corrected chi connectivity index (χ0v) is 17.9. The van der Waals surface area contributed by atoms with Gasteiger partial charge in [-0.15, -0.1) is 0 Å². The second-order valence-electron chi connectivity index (χ2n) is 10.0. The van der Waals surface area contributed by atoms with Crippen molar-refractivity contribution in [1.82, 2.24) is 9.88 Å². The van der Waals surface area contributed by atoms with Crippen LogP contribution in [0.5, 0.6) is 5.75 Å². The molecule has 0 amide bonds. The summed E-state index contributed by atoms with van der Waals surface area (Å²) in [5, 5.41) is 34.7. The van der Waals surface area contributed by atoms with Gasteiger partial charge in [-0.25, -0.2) is 0 Å². The van der Waals surface area contributed by atoms with Crippen LogP contribution in [-0.4, -0.2) is 50.3 Å². The van der Waals surface area contributed by atoms with Gasteiger partial charge in [-0.3, -0.25) is 10.1 Å². The van der Waals surface area contributed by atoms with Crippen LogP contribution >= 0.6 is 0 Å². The molecule has 7 heteroatoms. The monoisotopic (exact) mass is 433 g/mol. The third-order valence-electron chi connectivity index (χ3n) is 7.98. The summed E-state index contributed by atoms with van der Waals surface area (Å²) >= 11 is 0. The first-order valence-corrected chi connectivity index (χ1v) is 11.4. The standard InChI is InChI=1S/C25H27N3O4/c29-19-3-1-2-17(10-19)24-8-9-27(14-16-4-5-16)15-25(24,30)12-21-20-11-18(28(31)32)6-7-22(20)26-23(21)13-24/h1-3,6-7,10-11,16,26,29-30H,4-5,8-9,12-15H2. The highest BCUT2D eigenvalue weighted by Crippen LogP contribution is 2.52. The van der Waals surface area contributed by atoms with Gasteiger partial charge in [0.1, 0.15) is 5.75 Å². The normalized spacial score (nSPS) is 27.8. The Morgan fingerprint density at radius 2 is 2.03 bits per heavy atom. The minimum atomic E-state index is -1.03. The van der Waals surface area contributed by atoms with Gasteiger partial charge in [-0.2, -0.15) is 0 Å². The molecule has 0 bridgehead atoms. The summed E-state index contributed by atoms with van der Waals surface area (Å²) < 4.78 is 0. The van der Waals surface area contributed by atoms with Gasteiger partial charge in [0.25, 0.3) is 5.69 Å². The minimum absolute atomic E-state index is 0.0649. The second kappa shape index (κ2) is 6.80. The first kappa shape index (κ1) is 19.8. The van der Waals surface area contributed by atoms with Gasteiger partial charge in [0.2, 0.25) is 0 Å². The summed E-state index contributed by atoms with van der Waals surface area (Å²) in [5.74, 6) is 0.944. The summed E-state index contributed by atoms with van der Waals surface area (Å²) in [7, 11) is 0. The average Bonchev–Trinajstić information content (AvgIpc) is 3.51. The fourth-order valence-electron chi connectivity index (χ4n) is 6.15. The fourth-order valence-corrected chi connectivity index (χ4v) is 6.15. The molecule has 32 heavy (non-hydrogen) atoms. The van der Waals surface area contributed by atoms with Crippen LogP contribution in [0, 0.1) is 16.0 Å². The maximum atomic E-state index is 12.3. The van der Waals surface area contributed by atoms with E-state index in [1.165, 1.54) is 18.9 Å². The number of aromatic hydroxyl groups is 1. The summed E-state index contributed by atoms with van der Waals surface area (Å²) in [6.45, 7) is 2.50. The largest absolute Gasteiger partial charge is 0.508 e. The topological polar surface area (TPSA) is 103 Å². The lowest BCUT2D eigenvalue weighted by atomic mass is 9.56. The number of hydrogen-bond donors (Lipinski definition) is 3. The first-order valence-electron chi connectivity index (χ1n) is 11.4. The third kappa shape index (κ3) is 2.95. The molecule has 6 rings (SSSR count). The number of aromatic nitrogens is 1. The summed E-state index contributed by atoms with van der Waals surface area (Å²) in [4.78, 5) is 16.9. The summed E-state index contributed by atoms with van der Waals surface area (Å²) in [5.41, 5.74) is 2.35. The van der Waals surface area contributed by atoms with E-state index < -0.39 is 11.0 Å². The van der Waals surface area contributed by atoms with Crippen molar-refractivity contribution >= 4 is 16.6 Å². The Morgan fingerprint density at radius 3 is 2.78 bits per heavy atom. The minimum Gasteiger partial charge on any atom is -0.508 e. The number of piperidine rings is 1. The molecule has 3 aromatic rings. The molecule has 1 saturated carbocycles. The molecule has 2 aromatic carbocycles. The molecule has 2 aliphatic carbocycles. The number of non-ortho nitro benzene ring substituents is 1. The fraction of sp³-hybridized carbons (Fsp3) is 0.440. The number of phenolic OH excluding ortho intramolecular Hbond substituents is 1. The Morgan fingerprint density at radius 1 is 1.19 bits per heavy atom. The molecule has 2 heterocycles. The molecule has 3 aliphatic rings. The van der Waals surface area contributed by atoms with E-state index in [0.29, 0.717) is 19.4 Å². The highest BCUT2D eigenvalue weighted by Gasteiger charge is 2.57. The molecule has 1 aliphatic heterocycles. The maximum absolute atomic E-state index is 12.3. The number of nitrogens with zero attached hydrogens (tertiary/aromatic N) is 2. The molecule has 2 atom stereocenters. The number of nitro benzene ring substituents is 1. The Balaban J connectivity index is 1.49. The lowest BCUT2D eigenvalue weighted by molar-refractivity contribution is -0.384. The van der Waals surface area contributed by atoms with Crippen molar-refractivity contribution in [2.75, 3.05) is 19.6 Å². The van der Waals surface area contributed by atoms with Gasteiger partial charge >= 0.3 is 0 Å². The number of H-pyrrole nitrogens is 1. The molecule has 1 saturated heterocycles. The van der Waals surface area contributed by atoms with Crippen LogP contribution in [0.2, 0.25) is 0 Å². The number of phenols is 1. The first-order chi connectivity index (χ1) is 15.4. The van der Waals surface area contributed by atoms with Crippen molar-refractivity contribution in [3.8, 4) is 5.75 Å². The second-order valence-corrected chi connectivity index (χ2v) is 10.0. The molecule has 3 N–H and O–H groups in total. The quantitative estimate of drug-likeness (QED) is 0.430. The van der Waals surface area contributed by atoms with E-state index in [1.807, 2.05) is 12.1 Å². The van der Waals surface area contributed by atoms with Crippen LogP contribution in [0.1, 0.15) is 36.1 Å². The molecular formula is C25H27N3O4. The number of nitrogens with one attached hydrogen (secondary N) is 1. The van der Waals surface area contributed by atoms with Crippen molar-refractivity contribution in [3.05, 3.63) is 69.4 Å². The smallest absolute Gasteiger partial charge is 0.270 e. The van der Waals surface area contributed by atoms with E-state index in [-0.39, 0.29) is 16.4 Å². The molecule has 0 spiro atoms. The van der Waals surface area contributed by atoms with E-state index in [2.05, 4.69) is 9.88 Å². The number of aliphatic hydroxyl groups is 1. The highest BCUT2D eigenvalue weighted by atomic mass is 16.6. The van der Waals surface area contributed by atoms with Gasteiger partial charge in [0.15, 0.2) is 0 Å². The van der Waals surface area contributed by atoms with Crippen LogP contribution in [0.15, 0.2) is 42.5 Å². The summed E-state index contributed by atoms with van der Waals surface area (Å²) in [6, 6.07) is 12.2. The number of nitro groups is 1. The van der Waals surface area contributed by atoms with E-state index >= 15 is 0 Å². The predicted molar refractivity (Wildman–Crippen MR) is 121 cm³/mol. The summed E-state index contributed by atoms with van der Waals surface area (Å²) in [6.07, 6.45) is 4.38. The Kier molecular flexibility index (Phi) is 4.20. The van der Waals surface area contributed by atoms with Crippen LogP contribution in [0.25, 0.3) is 10.9 Å². The predicted octanol–water partition coefficient (Wildman–Crippen LogP) is 3.67. The van der Waals surface area contributed by atoms with E-state index in [0.717, 1.165) is 53.2 Å². The van der Waals surface area contributed by atoms with Crippen LogP contribution in [0.4, 0.5) is 5.69 Å². The van der Waals surface area contributed by atoms with Crippen molar-refractivity contribution in [1.29, 1.82) is 0 Å². The zero-order valence-electron chi connectivity index (χ0n) is 17.9. The van der Waals surface area contributed by atoms with Gasteiger partial charge in [0.05, 0.1) is 10.5 Å². The number of benzene rings is 2. The van der Waals surface area contributed by atoms with Gasteiger partial charge in [-0.1, -0.05) is 12.1 Å². The molecular weight excluding hydrogens is 406 g/mol. The SMILES string of the molecule is O=[N+]([O-])c1ccc2[nH]c3c(c2c1)CC1(O)CN(CC2CC2)CCC1(c1cccc(O)c1)C3. The van der Waals surface area contributed by atoms with E-state index in [1.54, 1.807) is 24.3 Å². The van der Waals surface area contributed by atoms with Gasteiger partial charge < -0.3 is 20.1 Å². The van der Waals surface area contributed by atoms with E-state index in [4.69, 9.17) is 0 Å². The number of aromatic amines is 1.